The third-order valence-electron chi connectivity index (χ3n) is 3.14. The highest BCUT2D eigenvalue weighted by Gasteiger charge is 2.29. The van der Waals surface area contributed by atoms with Crippen molar-refractivity contribution in [2.45, 2.75) is 19.3 Å². The number of nitrogens with one attached hydrogen (secondary N) is 1. The van der Waals surface area contributed by atoms with Crippen molar-refractivity contribution in [1.29, 1.82) is 0 Å². The van der Waals surface area contributed by atoms with Gasteiger partial charge in [0.25, 0.3) is 0 Å². The van der Waals surface area contributed by atoms with E-state index in [-0.39, 0.29) is 12.5 Å². The van der Waals surface area contributed by atoms with E-state index in [2.05, 4.69) is 16.2 Å². The molecule has 132 valence electrons. The summed E-state index contributed by atoms with van der Waals surface area (Å²) in [6.07, 6.45) is 2.17. The summed E-state index contributed by atoms with van der Waals surface area (Å²) in [4.78, 5) is 3.86. The highest BCUT2D eigenvalue weighted by atomic mass is 19.4. The molecule has 0 bridgehead atoms. The normalized spacial score (nSPS) is 11.0. The van der Waals surface area contributed by atoms with E-state index in [1.165, 1.54) is 6.20 Å². The summed E-state index contributed by atoms with van der Waals surface area (Å²) in [6.45, 7) is -0.465. The lowest BCUT2D eigenvalue weighted by atomic mass is 10.2. The topological polar surface area (TPSA) is 43.4 Å². The third-order valence-corrected chi connectivity index (χ3v) is 3.14. The van der Waals surface area contributed by atoms with Gasteiger partial charge in [0.1, 0.15) is 12.4 Å². The Kier molecular flexibility index (Phi) is 6.66. The molecule has 2 aromatic rings. The number of hydrogen-bond acceptors (Lipinski definition) is 4. The molecule has 0 aliphatic heterocycles. The van der Waals surface area contributed by atoms with Crippen LogP contribution in [0.2, 0.25) is 0 Å². The molecule has 1 N–H and O–H groups in total. The lowest BCUT2D eigenvalue weighted by Gasteiger charge is -2.13. The molecule has 7 heteroatoms. The standard InChI is InChI=1S/C18H17F3N2O2/c1-2-10-24-16-8-4-3-6-14(16)11-22-12-15-7-5-9-23-17(15)25-13-18(19,20)21/h1,3-9,22H,10-13H2. The molecule has 0 fully saturated rings. The number of alkyl halides is 3. The molecule has 0 spiro atoms. The largest absolute Gasteiger partial charge is 0.481 e. The molecule has 0 saturated heterocycles. The smallest absolute Gasteiger partial charge is 0.422 e. The second kappa shape index (κ2) is 8.94. The van der Waals surface area contributed by atoms with Crippen molar-refractivity contribution in [2.75, 3.05) is 13.2 Å². The SMILES string of the molecule is C#CCOc1ccccc1CNCc1cccnc1OCC(F)(F)F. The lowest BCUT2D eigenvalue weighted by Crippen LogP contribution is -2.21. The zero-order valence-corrected chi connectivity index (χ0v) is 13.3. The van der Waals surface area contributed by atoms with E-state index in [4.69, 9.17) is 15.9 Å². The number of pyridine rings is 1. The van der Waals surface area contributed by atoms with E-state index in [9.17, 15) is 13.2 Å². The van der Waals surface area contributed by atoms with Gasteiger partial charge in [-0.3, -0.25) is 0 Å². The van der Waals surface area contributed by atoms with E-state index < -0.39 is 12.8 Å². The minimum atomic E-state index is -4.41. The van der Waals surface area contributed by atoms with Crippen LogP contribution in [-0.2, 0) is 13.1 Å². The third kappa shape index (κ3) is 6.36. The Labute approximate surface area is 144 Å². The number of terminal acetylenes is 1. The fraction of sp³-hybridized carbons (Fsp3) is 0.278. The molecule has 0 amide bonds. The monoisotopic (exact) mass is 350 g/mol. The quantitative estimate of drug-likeness (QED) is 0.742. The summed E-state index contributed by atoms with van der Waals surface area (Å²) < 4.78 is 47.1. The number of nitrogens with zero attached hydrogens (tertiary/aromatic N) is 1. The van der Waals surface area contributed by atoms with Crippen LogP contribution in [0, 0.1) is 12.3 Å². The Bertz CT molecular complexity index is 727. The maximum atomic E-state index is 12.3. The van der Waals surface area contributed by atoms with Crippen molar-refractivity contribution in [3.63, 3.8) is 0 Å². The molecule has 0 aliphatic rings. The highest BCUT2D eigenvalue weighted by molar-refractivity contribution is 5.33. The van der Waals surface area contributed by atoms with Crippen LogP contribution in [-0.4, -0.2) is 24.4 Å². The first-order chi connectivity index (χ1) is 12.0. The average molecular weight is 350 g/mol. The van der Waals surface area contributed by atoms with Crippen LogP contribution >= 0.6 is 0 Å². The second-order valence-corrected chi connectivity index (χ2v) is 5.08. The van der Waals surface area contributed by atoms with Gasteiger partial charge in [0.05, 0.1) is 0 Å². The van der Waals surface area contributed by atoms with Gasteiger partial charge >= 0.3 is 6.18 Å². The van der Waals surface area contributed by atoms with Crippen LogP contribution in [0.3, 0.4) is 0 Å². The van der Waals surface area contributed by atoms with Crippen molar-refractivity contribution in [3.05, 3.63) is 53.7 Å². The fourth-order valence-corrected chi connectivity index (χ4v) is 2.08. The minimum Gasteiger partial charge on any atom is -0.481 e. The van der Waals surface area contributed by atoms with E-state index in [1.54, 1.807) is 18.2 Å². The Morgan fingerprint density at radius 1 is 1.04 bits per heavy atom. The van der Waals surface area contributed by atoms with Gasteiger partial charge in [-0.2, -0.15) is 13.2 Å². The lowest BCUT2D eigenvalue weighted by molar-refractivity contribution is -0.154. The van der Waals surface area contributed by atoms with Gasteiger partial charge in [0.15, 0.2) is 6.61 Å². The molecular formula is C18H17F3N2O2. The Hall–Kier alpha value is -2.72. The van der Waals surface area contributed by atoms with Crippen molar-refractivity contribution in [3.8, 4) is 24.0 Å². The molecule has 1 aromatic carbocycles. The van der Waals surface area contributed by atoms with Crippen molar-refractivity contribution in [2.24, 2.45) is 0 Å². The van der Waals surface area contributed by atoms with Crippen LogP contribution in [0.5, 0.6) is 11.6 Å². The zero-order chi connectivity index (χ0) is 18.1. The minimum absolute atomic E-state index is 0.0378. The molecule has 4 nitrogen and oxygen atoms in total. The molecular weight excluding hydrogens is 333 g/mol. The number of para-hydroxylation sites is 1. The summed E-state index contributed by atoms with van der Waals surface area (Å²) in [5.41, 5.74) is 1.42. The molecule has 0 unspecified atom stereocenters. The predicted octanol–water partition coefficient (Wildman–Crippen LogP) is 3.32. The van der Waals surface area contributed by atoms with Crippen LogP contribution in [0.25, 0.3) is 0 Å². The zero-order valence-electron chi connectivity index (χ0n) is 13.3. The van der Waals surface area contributed by atoms with E-state index in [0.717, 1.165) is 5.56 Å². The molecule has 0 radical (unpaired) electrons. The maximum absolute atomic E-state index is 12.3. The summed E-state index contributed by atoms with van der Waals surface area (Å²) in [5.74, 6) is 3.02. The van der Waals surface area contributed by atoms with Gasteiger partial charge in [0, 0.05) is 30.4 Å². The Balaban J connectivity index is 1.95. The Morgan fingerprint density at radius 3 is 2.52 bits per heavy atom. The molecule has 1 aromatic heterocycles. The molecule has 25 heavy (non-hydrogen) atoms. The average Bonchev–Trinajstić information content (AvgIpc) is 2.59. The van der Waals surface area contributed by atoms with Gasteiger partial charge in [-0.1, -0.05) is 30.2 Å². The van der Waals surface area contributed by atoms with Crippen molar-refractivity contribution < 1.29 is 22.6 Å². The summed E-state index contributed by atoms with van der Waals surface area (Å²) in [7, 11) is 0. The molecule has 0 saturated carbocycles. The summed E-state index contributed by atoms with van der Waals surface area (Å²) >= 11 is 0. The Morgan fingerprint density at radius 2 is 1.76 bits per heavy atom. The van der Waals surface area contributed by atoms with Crippen molar-refractivity contribution >= 4 is 0 Å². The number of aromatic nitrogens is 1. The first-order valence-electron chi connectivity index (χ1n) is 7.48. The van der Waals surface area contributed by atoms with Crippen molar-refractivity contribution in [1.82, 2.24) is 10.3 Å². The number of benzene rings is 1. The van der Waals surface area contributed by atoms with Gasteiger partial charge in [-0.25, -0.2) is 4.98 Å². The van der Waals surface area contributed by atoms with Crippen LogP contribution in [0.1, 0.15) is 11.1 Å². The predicted molar refractivity (Wildman–Crippen MR) is 87.1 cm³/mol. The second-order valence-electron chi connectivity index (χ2n) is 5.08. The van der Waals surface area contributed by atoms with Crippen LogP contribution in [0.4, 0.5) is 13.2 Å². The molecule has 1 heterocycles. The van der Waals surface area contributed by atoms with E-state index in [0.29, 0.717) is 24.4 Å². The van der Waals surface area contributed by atoms with E-state index >= 15 is 0 Å². The van der Waals surface area contributed by atoms with Gasteiger partial charge < -0.3 is 14.8 Å². The molecule has 0 aliphatic carbocycles. The highest BCUT2D eigenvalue weighted by Crippen LogP contribution is 2.21. The first kappa shape index (κ1) is 18.6. The van der Waals surface area contributed by atoms with E-state index in [1.807, 2.05) is 18.2 Å². The number of halogens is 3. The van der Waals surface area contributed by atoms with Gasteiger partial charge in [-0.15, -0.1) is 6.42 Å². The summed E-state index contributed by atoms with van der Waals surface area (Å²) in [5, 5.41) is 3.14. The van der Waals surface area contributed by atoms with Gasteiger partial charge in [0.2, 0.25) is 5.88 Å². The fourth-order valence-electron chi connectivity index (χ4n) is 2.08. The summed E-state index contributed by atoms with van der Waals surface area (Å²) in [6, 6.07) is 10.7. The number of rotatable bonds is 8. The number of ether oxygens (including phenoxy) is 2. The number of hydrogen-bond donors (Lipinski definition) is 1. The molecule has 2 rings (SSSR count). The first-order valence-corrected chi connectivity index (χ1v) is 7.48. The maximum Gasteiger partial charge on any atom is 0.422 e. The van der Waals surface area contributed by atoms with Crippen LogP contribution < -0.4 is 14.8 Å². The molecule has 0 atom stereocenters. The van der Waals surface area contributed by atoms with Crippen LogP contribution in [0.15, 0.2) is 42.6 Å². The van der Waals surface area contributed by atoms with Gasteiger partial charge in [-0.05, 0) is 12.1 Å².